The SMILES string of the molecule is CNC(c1c(F)cc(F)cc1F)C1CCS(=O)(=O)C1. The molecule has 1 N–H and O–H groups in total. The Bertz CT molecular complexity index is 566. The van der Waals surface area contributed by atoms with Crippen LogP contribution in [0.15, 0.2) is 12.1 Å². The first-order valence-electron chi connectivity index (χ1n) is 5.86. The van der Waals surface area contributed by atoms with Crippen LogP contribution >= 0.6 is 0 Å². The van der Waals surface area contributed by atoms with E-state index in [1.165, 1.54) is 7.05 Å². The van der Waals surface area contributed by atoms with Crippen molar-refractivity contribution in [1.82, 2.24) is 5.32 Å². The molecule has 1 fully saturated rings. The van der Waals surface area contributed by atoms with Gasteiger partial charge in [-0.05, 0) is 19.4 Å². The summed E-state index contributed by atoms with van der Waals surface area (Å²) in [6.45, 7) is 0. The van der Waals surface area contributed by atoms with Crippen molar-refractivity contribution in [3.63, 3.8) is 0 Å². The zero-order valence-corrected chi connectivity index (χ0v) is 11.1. The lowest BCUT2D eigenvalue weighted by molar-refractivity contribution is 0.383. The van der Waals surface area contributed by atoms with Gasteiger partial charge in [0.05, 0.1) is 11.5 Å². The van der Waals surface area contributed by atoms with Crippen LogP contribution in [0.5, 0.6) is 0 Å². The van der Waals surface area contributed by atoms with Gasteiger partial charge in [-0.25, -0.2) is 21.6 Å². The van der Waals surface area contributed by atoms with Crippen LogP contribution in [0.2, 0.25) is 0 Å². The van der Waals surface area contributed by atoms with Gasteiger partial charge in [-0.15, -0.1) is 0 Å². The summed E-state index contributed by atoms with van der Waals surface area (Å²) in [5.74, 6) is -3.51. The van der Waals surface area contributed by atoms with Crippen LogP contribution in [0.25, 0.3) is 0 Å². The van der Waals surface area contributed by atoms with Crippen molar-refractivity contribution in [3.05, 3.63) is 35.1 Å². The van der Waals surface area contributed by atoms with Gasteiger partial charge in [-0.3, -0.25) is 0 Å². The third-order valence-corrected chi connectivity index (χ3v) is 5.20. The Balaban J connectivity index is 2.38. The molecule has 3 nitrogen and oxygen atoms in total. The Morgan fingerprint density at radius 2 is 1.84 bits per heavy atom. The van der Waals surface area contributed by atoms with Crippen molar-refractivity contribution in [2.75, 3.05) is 18.6 Å². The van der Waals surface area contributed by atoms with Crippen molar-refractivity contribution in [2.24, 2.45) is 5.92 Å². The molecule has 19 heavy (non-hydrogen) atoms. The van der Waals surface area contributed by atoms with Crippen molar-refractivity contribution in [3.8, 4) is 0 Å². The molecule has 2 atom stereocenters. The normalized spacial score (nSPS) is 23.5. The standard InChI is InChI=1S/C12H14F3NO2S/c1-16-12(7-2-3-19(17,18)6-7)11-9(14)4-8(13)5-10(11)15/h4-5,7,12,16H,2-3,6H2,1H3. The number of benzene rings is 1. The predicted molar refractivity (Wildman–Crippen MR) is 64.9 cm³/mol. The van der Waals surface area contributed by atoms with E-state index >= 15 is 0 Å². The van der Waals surface area contributed by atoms with Gasteiger partial charge < -0.3 is 5.32 Å². The van der Waals surface area contributed by atoms with E-state index in [0.29, 0.717) is 18.6 Å². The highest BCUT2D eigenvalue weighted by atomic mass is 32.2. The lowest BCUT2D eigenvalue weighted by Crippen LogP contribution is -2.28. The summed E-state index contributed by atoms with van der Waals surface area (Å²) in [4.78, 5) is 0. The molecule has 0 bridgehead atoms. The average Bonchev–Trinajstić information content (AvgIpc) is 2.63. The summed E-state index contributed by atoms with van der Waals surface area (Å²) in [5.41, 5.74) is -0.300. The summed E-state index contributed by atoms with van der Waals surface area (Å²) in [6, 6.07) is 0.427. The van der Waals surface area contributed by atoms with Gasteiger partial charge in [0.1, 0.15) is 17.5 Å². The molecule has 0 amide bonds. The monoisotopic (exact) mass is 293 g/mol. The van der Waals surface area contributed by atoms with Crippen molar-refractivity contribution in [2.45, 2.75) is 12.5 Å². The van der Waals surface area contributed by atoms with Crippen LogP contribution in [0.1, 0.15) is 18.0 Å². The maximum absolute atomic E-state index is 13.7. The first kappa shape index (κ1) is 14.3. The van der Waals surface area contributed by atoms with Crippen LogP contribution < -0.4 is 5.32 Å². The molecule has 1 aromatic rings. The minimum Gasteiger partial charge on any atom is -0.313 e. The maximum atomic E-state index is 13.7. The summed E-state index contributed by atoms with van der Waals surface area (Å²) in [6.07, 6.45) is 0.337. The Hall–Kier alpha value is -1.08. The highest BCUT2D eigenvalue weighted by Crippen LogP contribution is 2.34. The van der Waals surface area contributed by atoms with Gasteiger partial charge in [0.15, 0.2) is 9.84 Å². The molecule has 1 aliphatic heterocycles. The molecule has 106 valence electrons. The zero-order chi connectivity index (χ0) is 14.2. The second-order valence-corrected chi connectivity index (χ2v) is 6.94. The van der Waals surface area contributed by atoms with E-state index in [0.717, 1.165) is 0 Å². The average molecular weight is 293 g/mol. The number of rotatable bonds is 3. The number of sulfone groups is 1. The fourth-order valence-corrected chi connectivity index (χ4v) is 4.39. The molecule has 1 aliphatic rings. The third-order valence-electron chi connectivity index (χ3n) is 3.40. The lowest BCUT2D eigenvalue weighted by atomic mass is 9.92. The molecule has 0 radical (unpaired) electrons. The molecule has 0 saturated carbocycles. The molecule has 2 unspecified atom stereocenters. The second-order valence-electron chi connectivity index (χ2n) is 4.71. The van der Waals surface area contributed by atoms with E-state index in [9.17, 15) is 21.6 Å². The molecular weight excluding hydrogens is 279 g/mol. The fourth-order valence-electron chi connectivity index (χ4n) is 2.55. The Kier molecular flexibility index (Phi) is 3.87. The lowest BCUT2D eigenvalue weighted by Gasteiger charge is -2.23. The molecular formula is C12H14F3NO2S. The summed E-state index contributed by atoms with van der Waals surface area (Å²) < 4.78 is 63.2. The predicted octanol–water partition coefficient (Wildman–Crippen LogP) is 1.80. The molecule has 1 saturated heterocycles. The fraction of sp³-hybridized carbons (Fsp3) is 0.500. The summed E-state index contributed by atoms with van der Waals surface area (Å²) in [5, 5.41) is 2.73. The van der Waals surface area contributed by atoms with E-state index in [4.69, 9.17) is 0 Å². The summed E-state index contributed by atoms with van der Waals surface area (Å²) in [7, 11) is -1.65. The molecule has 7 heteroatoms. The second kappa shape index (κ2) is 5.13. The van der Waals surface area contributed by atoms with Crippen LogP contribution in [0.4, 0.5) is 13.2 Å². The first-order chi connectivity index (χ1) is 8.84. The minimum absolute atomic E-state index is 0.0142. The number of hydrogen-bond donors (Lipinski definition) is 1. The van der Waals surface area contributed by atoms with Gasteiger partial charge >= 0.3 is 0 Å². The van der Waals surface area contributed by atoms with Crippen molar-refractivity contribution in [1.29, 1.82) is 0 Å². The number of nitrogens with one attached hydrogen (secondary N) is 1. The van der Waals surface area contributed by atoms with Crippen LogP contribution in [0.3, 0.4) is 0 Å². The molecule has 0 aliphatic carbocycles. The Morgan fingerprint density at radius 1 is 1.26 bits per heavy atom. The van der Waals surface area contributed by atoms with E-state index in [1.807, 2.05) is 0 Å². The minimum atomic E-state index is -3.15. The van der Waals surface area contributed by atoms with Crippen molar-refractivity contribution < 1.29 is 21.6 Å². The smallest absolute Gasteiger partial charge is 0.150 e. The third kappa shape index (κ3) is 2.92. The molecule has 1 heterocycles. The first-order valence-corrected chi connectivity index (χ1v) is 7.68. The molecule has 0 spiro atoms. The Morgan fingerprint density at radius 3 is 2.26 bits per heavy atom. The van der Waals surface area contributed by atoms with E-state index in [-0.39, 0.29) is 17.1 Å². The summed E-state index contributed by atoms with van der Waals surface area (Å²) >= 11 is 0. The molecule has 2 rings (SSSR count). The topological polar surface area (TPSA) is 46.2 Å². The maximum Gasteiger partial charge on any atom is 0.150 e. The quantitative estimate of drug-likeness (QED) is 0.924. The van der Waals surface area contributed by atoms with Crippen LogP contribution in [-0.2, 0) is 9.84 Å². The number of halogens is 3. The van der Waals surface area contributed by atoms with E-state index in [1.54, 1.807) is 0 Å². The highest BCUT2D eigenvalue weighted by molar-refractivity contribution is 7.91. The van der Waals surface area contributed by atoms with E-state index < -0.39 is 39.2 Å². The van der Waals surface area contributed by atoms with Gasteiger partial charge in [0.25, 0.3) is 0 Å². The van der Waals surface area contributed by atoms with Gasteiger partial charge in [-0.2, -0.15) is 0 Å². The Labute approximate surface area is 109 Å². The van der Waals surface area contributed by atoms with Crippen LogP contribution in [-0.4, -0.2) is 27.0 Å². The largest absolute Gasteiger partial charge is 0.313 e. The molecule has 0 aromatic heterocycles. The van der Waals surface area contributed by atoms with Gasteiger partial charge in [0.2, 0.25) is 0 Å². The number of hydrogen-bond acceptors (Lipinski definition) is 3. The zero-order valence-electron chi connectivity index (χ0n) is 10.3. The molecule has 1 aromatic carbocycles. The van der Waals surface area contributed by atoms with E-state index in [2.05, 4.69) is 5.32 Å². The van der Waals surface area contributed by atoms with Gasteiger partial charge in [-0.1, -0.05) is 0 Å². The highest BCUT2D eigenvalue weighted by Gasteiger charge is 2.36. The van der Waals surface area contributed by atoms with Gasteiger partial charge in [0, 0.05) is 23.7 Å². The van der Waals surface area contributed by atoms with Crippen molar-refractivity contribution >= 4 is 9.84 Å². The van der Waals surface area contributed by atoms with Crippen LogP contribution in [0, 0.1) is 23.4 Å².